The Hall–Kier alpha value is -3.19. The zero-order valence-corrected chi connectivity index (χ0v) is 16.5. The van der Waals surface area contributed by atoms with Crippen molar-refractivity contribution in [3.63, 3.8) is 0 Å². The van der Waals surface area contributed by atoms with Crippen molar-refractivity contribution in [2.75, 3.05) is 0 Å². The van der Waals surface area contributed by atoms with Crippen LogP contribution in [0, 0.1) is 42.3 Å². The van der Waals surface area contributed by atoms with Crippen molar-refractivity contribution < 1.29 is 4.39 Å². The zero-order chi connectivity index (χ0) is 20.4. The van der Waals surface area contributed by atoms with Gasteiger partial charge in [-0.05, 0) is 43.7 Å². The highest BCUT2D eigenvalue weighted by Gasteiger charge is 2.14. The minimum absolute atomic E-state index is 0.0808. The van der Waals surface area contributed by atoms with Crippen LogP contribution in [-0.4, -0.2) is 4.57 Å². The summed E-state index contributed by atoms with van der Waals surface area (Å²) in [5.74, 6) is -0.565. The molecule has 4 nitrogen and oxygen atoms in total. The van der Waals surface area contributed by atoms with E-state index in [1.54, 1.807) is 6.07 Å². The van der Waals surface area contributed by atoms with Gasteiger partial charge in [-0.3, -0.25) is 9.36 Å². The molecule has 0 aliphatic rings. The van der Waals surface area contributed by atoms with Crippen LogP contribution in [0.5, 0.6) is 0 Å². The van der Waals surface area contributed by atoms with Crippen LogP contribution in [0.4, 0.5) is 4.39 Å². The molecule has 0 radical (unpaired) electrons. The maximum absolute atomic E-state index is 14.2. The summed E-state index contributed by atoms with van der Waals surface area (Å²) < 4.78 is 15.9. The average Bonchev–Trinajstić information content (AvgIpc) is 2.96. The molecule has 7 heteroatoms. The molecule has 0 saturated carbocycles. The Labute approximate surface area is 169 Å². The second kappa shape index (κ2) is 7.82. The van der Waals surface area contributed by atoms with Crippen LogP contribution in [0.15, 0.2) is 41.2 Å². The maximum Gasteiger partial charge on any atom is 0.273 e. The van der Waals surface area contributed by atoms with Gasteiger partial charge in [-0.15, -0.1) is 11.3 Å². The van der Waals surface area contributed by atoms with Gasteiger partial charge in [-0.2, -0.15) is 10.5 Å². The quantitative estimate of drug-likeness (QED) is 0.651. The number of nitrogens with zero attached hydrogens (tertiary/aromatic N) is 3. The molecule has 0 N–H and O–H groups in total. The van der Waals surface area contributed by atoms with E-state index in [9.17, 15) is 19.7 Å². The molecule has 0 atom stereocenters. The van der Waals surface area contributed by atoms with Crippen LogP contribution < -0.4 is 14.8 Å². The zero-order valence-electron chi connectivity index (χ0n) is 15.0. The van der Waals surface area contributed by atoms with E-state index in [2.05, 4.69) is 0 Å². The van der Waals surface area contributed by atoms with Crippen molar-refractivity contribution in [1.29, 1.82) is 10.5 Å². The maximum atomic E-state index is 14.2. The first kappa shape index (κ1) is 19.6. The highest BCUT2D eigenvalue weighted by Crippen LogP contribution is 2.19. The number of hydrogen-bond donors (Lipinski definition) is 0. The largest absolute Gasteiger partial charge is 0.273 e. The molecule has 1 heterocycles. The third-order valence-corrected chi connectivity index (χ3v) is 5.55. The lowest BCUT2D eigenvalue weighted by atomic mass is 10.1. The van der Waals surface area contributed by atoms with E-state index >= 15 is 0 Å². The van der Waals surface area contributed by atoms with Gasteiger partial charge >= 0.3 is 0 Å². The van der Waals surface area contributed by atoms with Crippen molar-refractivity contribution in [2.24, 2.45) is 0 Å². The van der Waals surface area contributed by atoms with Crippen LogP contribution in [0.3, 0.4) is 0 Å². The lowest BCUT2D eigenvalue weighted by molar-refractivity contribution is 0.625. The summed E-state index contributed by atoms with van der Waals surface area (Å²) in [6.45, 7) is 3.77. The molecular formula is C21H13ClFN3OS. The number of aromatic nitrogens is 1. The van der Waals surface area contributed by atoms with Gasteiger partial charge in [0.25, 0.3) is 5.56 Å². The van der Waals surface area contributed by atoms with Crippen LogP contribution in [0.2, 0.25) is 5.02 Å². The normalized spacial score (nSPS) is 11.1. The van der Waals surface area contributed by atoms with Gasteiger partial charge in [0.05, 0.1) is 15.2 Å². The Morgan fingerprint density at radius 1 is 1.21 bits per heavy atom. The third kappa shape index (κ3) is 3.48. The van der Waals surface area contributed by atoms with E-state index in [0.29, 0.717) is 5.69 Å². The second-order valence-electron chi connectivity index (χ2n) is 6.08. The second-order valence-corrected chi connectivity index (χ2v) is 7.52. The van der Waals surface area contributed by atoms with E-state index < -0.39 is 11.4 Å². The molecule has 0 aliphatic carbocycles. The molecule has 3 rings (SSSR count). The summed E-state index contributed by atoms with van der Waals surface area (Å²) in [6.07, 6.45) is 1.35. The number of thiazole rings is 1. The number of hydrogen-bond acceptors (Lipinski definition) is 4. The minimum atomic E-state index is -0.565. The molecule has 0 aliphatic heterocycles. The molecule has 0 fully saturated rings. The predicted molar refractivity (Wildman–Crippen MR) is 108 cm³/mol. The number of nitriles is 2. The van der Waals surface area contributed by atoms with Crippen molar-refractivity contribution in [3.05, 3.63) is 83.5 Å². The summed E-state index contributed by atoms with van der Waals surface area (Å²) in [4.78, 5) is 13.1. The fraction of sp³-hybridized carbons (Fsp3) is 0.0952. The first-order chi connectivity index (χ1) is 13.4. The topological polar surface area (TPSA) is 69.6 Å². The monoisotopic (exact) mass is 409 g/mol. The molecule has 2 aromatic carbocycles. The Balaban J connectivity index is 2.47. The van der Waals surface area contributed by atoms with Gasteiger partial charge in [0.2, 0.25) is 0 Å². The molecule has 0 unspecified atom stereocenters. The average molecular weight is 410 g/mol. The summed E-state index contributed by atoms with van der Waals surface area (Å²) in [5, 5.41) is 18.8. The number of benzene rings is 2. The van der Waals surface area contributed by atoms with Crippen molar-refractivity contribution in [1.82, 2.24) is 4.57 Å². The molecule has 0 saturated heterocycles. The van der Waals surface area contributed by atoms with Gasteiger partial charge in [-0.1, -0.05) is 35.4 Å². The van der Waals surface area contributed by atoms with Crippen LogP contribution in [0.1, 0.15) is 16.7 Å². The summed E-state index contributed by atoms with van der Waals surface area (Å²) in [7, 11) is 0. The van der Waals surface area contributed by atoms with Crippen LogP contribution in [0.25, 0.3) is 17.3 Å². The van der Waals surface area contributed by atoms with Crippen molar-refractivity contribution >= 4 is 34.6 Å². The van der Waals surface area contributed by atoms with Crippen molar-refractivity contribution in [2.45, 2.75) is 13.8 Å². The lowest BCUT2D eigenvalue weighted by Crippen LogP contribution is -2.31. The Kier molecular flexibility index (Phi) is 5.46. The lowest BCUT2D eigenvalue weighted by Gasteiger charge is -2.07. The Bertz CT molecular complexity index is 1320. The molecule has 28 heavy (non-hydrogen) atoms. The predicted octanol–water partition coefficient (Wildman–Crippen LogP) is 3.34. The van der Waals surface area contributed by atoms with Gasteiger partial charge in [0.1, 0.15) is 22.6 Å². The Morgan fingerprint density at radius 2 is 1.93 bits per heavy atom. The smallest absolute Gasteiger partial charge is 0.267 e. The number of rotatable bonds is 2. The minimum Gasteiger partial charge on any atom is -0.267 e. The fourth-order valence-electron chi connectivity index (χ4n) is 2.83. The molecule has 0 bridgehead atoms. The highest BCUT2D eigenvalue weighted by atomic mass is 35.5. The fourth-order valence-corrected chi connectivity index (χ4v) is 4.07. The first-order valence-electron chi connectivity index (χ1n) is 8.17. The standard InChI is InChI=1S/C21H13ClFN3OS/c1-12-6-7-18(13(2)8-12)26-20(27)19(28-21(26)14(10-24)11-25)9-15-16(22)4-3-5-17(15)23/h3-9H,1-2H3/b19-9-. The molecule has 1 aromatic heterocycles. The molecule has 0 spiro atoms. The van der Waals surface area contributed by atoms with Crippen LogP contribution in [-0.2, 0) is 0 Å². The highest BCUT2D eigenvalue weighted by molar-refractivity contribution is 7.07. The van der Waals surface area contributed by atoms with E-state index in [4.69, 9.17) is 11.6 Å². The Morgan fingerprint density at radius 3 is 2.54 bits per heavy atom. The van der Waals surface area contributed by atoms with E-state index in [0.717, 1.165) is 22.5 Å². The third-order valence-electron chi connectivity index (χ3n) is 4.13. The van der Waals surface area contributed by atoms with E-state index in [-0.39, 0.29) is 25.4 Å². The molecule has 0 amide bonds. The SMILES string of the molecule is Cc1ccc(-n2c(=C(C#N)C#N)s/c(=C\c3c(F)cccc3Cl)c2=O)c(C)c1. The van der Waals surface area contributed by atoms with Crippen LogP contribution >= 0.6 is 22.9 Å². The molecular weight excluding hydrogens is 397 g/mol. The van der Waals surface area contributed by atoms with Gasteiger partial charge in [0, 0.05) is 5.56 Å². The van der Waals surface area contributed by atoms with Gasteiger partial charge in [0.15, 0.2) is 5.57 Å². The van der Waals surface area contributed by atoms with Crippen molar-refractivity contribution in [3.8, 4) is 17.8 Å². The van der Waals surface area contributed by atoms with E-state index in [1.165, 1.54) is 28.8 Å². The summed E-state index contributed by atoms with van der Waals surface area (Å²) >= 11 is 7.02. The molecule has 138 valence electrons. The van der Waals surface area contributed by atoms with Gasteiger partial charge < -0.3 is 0 Å². The number of aryl methyl sites for hydroxylation is 2. The molecule has 3 aromatic rings. The number of halogens is 2. The van der Waals surface area contributed by atoms with E-state index in [1.807, 2.05) is 38.1 Å². The first-order valence-corrected chi connectivity index (χ1v) is 9.36. The van der Waals surface area contributed by atoms with Gasteiger partial charge in [-0.25, -0.2) is 4.39 Å². The summed E-state index contributed by atoms with van der Waals surface area (Å²) in [5.41, 5.74) is 1.82. The summed E-state index contributed by atoms with van der Waals surface area (Å²) in [6, 6.07) is 13.4.